The van der Waals surface area contributed by atoms with Gasteiger partial charge in [-0.1, -0.05) is 0 Å². The maximum absolute atomic E-state index is 12.4. The zero-order valence-electron chi connectivity index (χ0n) is 16.8. The highest BCUT2D eigenvalue weighted by molar-refractivity contribution is 5.76. The van der Waals surface area contributed by atoms with Gasteiger partial charge in [-0.25, -0.2) is 4.98 Å². The first-order chi connectivity index (χ1) is 14.2. The van der Waals surface area contributed by atoms with E-state index in [2.05, 4.69) is 37.6 Å². The Labute approximate surface area is 169 Å². The maximum Gasteiger partial charge on any atom is 0.252 e. The third-order valence-electron chi connectivity index (χ3n) is 5.12. The number of methoxy groups -OCH3 is 1. The Bertz CT molecular complexity index is 1030. The highest BCUT2D eigenvalue weighted by Crippen LogP contribution is 2.21. The number of hydrogen-bond donors (Lipinski definition) is 2. The van der Waals surface area contributed by atoms with Crippen LogP contribution in [0.2, 0.25) is 0 Å². The molecule has 1 unspecified atom stereocenters. The van der Waals surface area contributed by atoms with Gasteiger partial charge in [0.05, 0.1) is 12.6 Å². The molecule has 1 aromatic carbocycles. The Hall–Kier alpha value is -2.97. The number of hydrogen-bond acceptors (Lipinski definition) is 7. The van der Waals surface area contributed by atoms with E-state index in [0.29, 0.717) is 18.2 Å². The Morgan fingerprint density at radius 2 is 1.93 bits per heavy atom. The van der Waals surface area contributed by atoms with E-state index in [4.69, 9.17) is 4.74 Å². The summed E-state index contributed by atoms with van der Waals surface area (Å²) >= 11 is 0. The van der Waals surface area contributed by atoms with Crippen LogP contribution in [-0.2, 0) is 4.74 Å². The number of nitrogens with zero attached hydrogens (tertiary/aromatic N) is 4. The molecule has 8 heteroatoms. The fraction of sp³-hybridized carbons (Fsp3) is 0.381. The lowest BCUT2D eigenvalue weighted by Gasteiger charge is -2.29. The van der Waals surface area contributed by atoms with Crippen molar-refractivity contribution in [1.82, 2.24) is 19.9 Å². The largest absolute Gasteiger partial charge is 0.383 e. The molecule has 1 atom stereocenters. The lowest BCUT2D eigenvalue weighted by Crippen LogP contribution is -2.43. The summed E-state index contributed by atoms with van der Waals surface area (Å²) in [7, 11) is 1.62. The van der Waals surface area contributed by atoms with E-state index < -0.39 is 0 Å². The van der Waals surface area contributed by atoms with Crippen molar-refractivity contribution in [3.8, 4) is 0 Å². The normalized spacial score (nSPS) is 15.4. The molecule has 3 heterocycles. The predicted octanol–water partition coefficient (Wildman–Crippen LogP) is 2.15. The molecule has 0 radical (unpaired) electrons. The van der Waals surface area contributed by atoms with E-state index in [1.54, 1.807) is 30.0 Å². The summed E-state index contributed by atoms with van der Waals surface area (Å²) in [5, 5.41) is 7.42. The summed E-state index contributed by atoms with van der Waals surface area (Å²) in [6.07, 6.45) is 1.73. The van der Waals surface area contributed by atoms with Crippen LogP contribution in [0, 0.1) is 0 Å². The van der Waals surface area contributed by atoms with Crippen LogP contribution in [0.1, 0.15) is 13.0 Å². The van der Waals surface area contributed by atoms with Crippen LogP contribution in [-0.4, -0.2) is 54.4 Å². The third kappa shape index (κ3) is 4.23. The van der Waals surface area contributed by atoms with Crippen molar-refractivity contribution in [3.63, 3.8) is 0 Å². The first-order valence-electron chi connectivity index (χ1n) is 9.85. The zero-order valence-corrected chi connectivity index (χ0v) is 16.8. The van der Waals surface area contributed by atoms with Crippen LogP contribution in [0.3, 0.4) is 0 Å². The molecule has 1 fully saturated rings. The van der Waals surface area contributed by atoms with Crippen LogP contribution in [0.4, 0.5) is 17.3 Å². The minimum atomic E-state index is -0.128. The Morgan fingerprint density at radius 1 is 1.17 bits per heavy atom. The van der Waals surface area contributed by atoms with Gasteiger partial charge in [-0.05, 0) is 37.3 Å². The first-order valence-corrected chi connectivity index (χ1v) is 9.85. The van der Waals surface area contributed by atoms with Crippen LogP contribution in [0.25, 0.3) is 11.0 Å². The van der Waals surface area contributed by atoms with E-state index in [1.165, 1.54) is 5.69 Å². The molecule has 8 nitrogen and oxygen atoms in total. The van der Waals surface area contributed by atoms with E-state index in [-0.39, 0.29) is 11.6 Å². The van der Waals surface area contributed by atoms with Crippen LogP contribution in [0.5, 0.6) is 0 Å². The summed E-state index contributed by atoms with van der Waals surface area (Å²) in [4.78, 5) is 23.8. The molecular weight excluding hydrogens is 368 g/mol. The molecule has 0 saturated carbocycles. The number of ether oxygens (including phenoxy) is 1. The number of pyridine rings is 1. The zero-order chi connectivity index (χ0) is 20.2. The van der Waals surface area contributed by atoms with Gasteiger partial charge in [0, 0.05) is 62.3 Å². The topological polar surface area (TPSA) is 84.3 Å². The Balaban J connectivity index is 1.59. The highest BCUT2D eigenvalue weighted by atomic mass is 16.5. The molecule has 4 rings (SSSR count). The lowest BCUT2D eigenvalue weighted by atomic mass is 10.2. The average Bonchev–Trinajstić information content (AvgIpc) is 2.75. The van der Waals surface area contributed by atoms with E-state index in [1.807, 2.05) is 19.1 Å². The van der Waals surface area contributed by atoms with Crippen molar-refractivity contribution in [2.45, 2.75) is 13.0 Å². The van der Waals surface area contributed by atoms with Gasteiger partial charge >= 0.3 is 0 Å². The van der Waals surface area contributed by atoms with Crippen molar-refractivity contribution in [2.24, 2.45) is 0 Å². The second-order valence-corrected chi connectivity index (χ2v) is 7.23. The first kappa shape index (κ1) is 19.4. The van der Waals surface area contributed by atoms with Gasteiger partial charge in [0.15, 0.2) is 0 Å². The quantitative estimate of drug-likeness (QED) is 0.663. The van der Waals surface area contributed by atoms with E-state index >= 15 is 0 Å². The van der Waals surface area contributed by atoms with E-state index in [0.717, 1.165) is 37.3 Å². The molecule has 0 amide bonds. The molecule has 0 bridgehead atoms. The van der Waals surface area contributed by atoms with Crippen molar-refractivity contribution < 1.29 is 4.74 Å². The minimum Gasteiger partial charge on any atom is -0.383 e. The molecule has 2 aromatic heterocycles. The third-order valence-corrected chi connectivity index (χ3v) is 5.12. The molecule has 1 aliphatic rings. The highest BCUT2D eigenvalue weighted by Gasteiger charge is 2.13. The number of fused-ring (bicyclic) bond motifs is 1. The van der Waals surface area contributed by atoms with Gasteiger partial charge in [-0.3, -0.25) is 9.36 Å². The number of nitrogens with one attached hydrogen (secondary N) is 2. The monoisotopic (exact) mass is 394 g/mol. The van der Waals surface area contributed by atoms with Crippen molar-refractivity contribution in [2.75, 3.05) is 50.1 Å². The molecule has 0 spiro atoms. The number of benzene rings is 1. The summed E-state index contributed by atoms with van der Waals surface area (Å²) in [5.41, 5.74) is 2.60. The molecule has 1 saturated heterocycles. The van der Waals surface area contributed by atoms with Gasteiger partial charge in [0.25, 0.3) is 5.56 Å². The van der Waals surface area contributed by atoms with Crippen LogP contribution in [0.15, 0.2) is 47.4 Å². The Morgan fingerprint density at radius 3 is 2.66 bits per heavy atom. The summed E-state index contributed by atoms with van der Waals surface area (Å²) < 4.78 is 6.87. The molecule has 29 heavy (non-hydrogen) atoms. The van der Waals surface area contributed by atoms with Crippen molar-refractivity contribution in [1.29, 1.82) is 0 Å². The summed E-state index contributed by atoms with van der Waals surface area (Å²) in [6, 6.07) is 11.4. The number of anilines is 3. The number of aromatic nitrogens is 3. The van der Waals surface area contributed by atoms with E-state index in [9.17, 15) is 4.79 Å². The second kappa shape index (κ2) is 8.59. The van der Waals surface area contributed by atoms with Crippen molar-refractivity contribution in [3.05, 3.63) is 52.9 Å². The van der Waals surface area contributed by atoms with Gasteiger partial charge in [-0.15, -0.1) is 0 Å². The molecular formula is C21H26N6O2. The van der Waals surface area contributed by atoms with Gasteiger partial charge < -0.3 is 20.3 Å². The van der Waals surface area contributed by atoms with Gasteiger partial charge in [-0.2, -0.15) is 4.98 Å². The SMILES string of the molecule is COCC(C)n1c(=O)ccc2cnc(Nc3ccc(N4CCNCC4)cc3)nc21. The molecule has 3 aromatic rings. The maximum atomic E-state index is 12.4. The summed E-state index contributed by atoms with van der Waals surface area (Å²) in [5.74, 6) is 0.455. The van der Waals surface area contributed by atoms with Crippen LogP contribution >= 0.6 is 0 Å². The van der Waals surface area contributed by atoms with Crippen molar-refractivity contribution >= 4 is 28.4 Å². The van der Waals surface area contributed by atoms with Gasteiger partial charge in [0.1, 0.15) is 5.65 Å². The smallest absolute Gasteiger partial charge is 0.252 e. The fourth-order valence-electron chi connectivity index (χ4n) is 3.65. The molecule has 152 valence electrons. The average molecular weight is 394 g/mol. The Kier molecular flexibility index (Phi) is 5.73. The fourth-order valence-corrected chi connectivity index (χ4v) is 3.65. The number of piperazine rings is 1. The second-order valence-electron chi connectivity index (χ2n) is 7.23. The predicted molar refractivity (Wildman–Crippen MR) is 115 cm³/mol. The van der Waals surface area contributed by atoms with Gasteiger partial charge in [0.2, 0.25) is 5.95 Å². The number of rotatable bonds is 6. The molecule has 2 N–H and O–H groups in total. The van der Waals surface area contributed by atoms with Crippen LogP contribution < -0.4 is 21.1 Å². The minimum absolute atomic E-state index is 0.105. The molecule has 0 aliphatic carbocycles. The summed E-state index contributed by atoms with van der Waals surface area (Å²) in [6.45, 7) is 6.41. The lowest BCUT2D eigenvalue weighted by molar-refractivity contribution is 0.162. The molecule has 1 aliphatic heterocycles. The standard InChI is InChI=1S/C21H26N6O2/c1-15(14-29-2)27-19(28)8-3-16-13-23-21(25-20(16)27)24-17-4-6-18(7-5-17)26-11-9-22-10-12-26/h3-8,13,15,22H,9-12,14H2,1-2H3,(H,23,24,25).